The summed E-state index contributed by atoms with van der Waals surface area (Å²) in [6.07, 6.45) is 0. The lowest BCUT2D eigenvalue weighted by atomic mass is 9.33. The zero-order valence-electron chi connectivity index (χ0n) is 53.2. The van der Waals surface area contributed by atoms with Crippen molar-refractivity contribution >= 4 is 158 Å². The molecular formula is C90H63BN4Si2. The Labute approximate surface area is 567 Å². The highest BCUT2D eigenvalue weighted by Gasteiger charge is 2.50. The molecule has 0 fully saturated rings. The van der Waals surface area contributed by atoms with Gasteiger partial charge in [-0.2, -0.15) is 0 Å². The Morgan fingerprint density at radius 2 is 0.464 bits per heavy atom. The van der Waals surface area contributed by atoms with Crippen LogP contribution in [0.15, 0.2) is 382 Å². The van der Waals surface area contributed by atoms with Crippen LogP contribution in [-0.4, -0.2) is 32.0 Å². The van der Waals surface area contributed by atoms with Crippen LogP contribution in [0.5, 0.6) is 0 Å². The van der Waals surface area contributed by atoms with Crippen molar-refractivity contribution in [2.24, 2.45) is 0 Å². The maximum absolute atomic E-state index is 3.21. The van der Waals surface area contributed by atoms with Crippen LogP contribution < -0.4 is 67.7 Å². The lowest BCUT2D eigenvalue weighted by Gasteiger charge is -2.46. The van der Waals surface area contributed by atoms with Gasteiger partial charge >= 0.3 is 0 Å². The molecule has 0 N–H and O–H groups in total. The van der Waals surface area contributed by atoms with Crippen LogP contribution in [0.2, 0.25) is 0 Å². The zero-order valence-corrected chi connectivity index (χ0v) is 55.2. The number of rotatable bonds is 12. The third kappa shape index (κ3) is 8.48. The van der Waals surface area contributed by atoms with E-state index in [1.165, 1.54) is 101 Å². The third-order valence-electron chi connectivity index (χ3n) is 21.0. The van der Waals surface area contributed by atoms with Crippen LogP contribution in [0.4, 0.5) is 34.1 Å². The van der Waals surface area contributed by atoms with Crippen molar-refractivity contribution in [2.45, 2.75) is 0 Å². The first-order valence-electron chi connectivity index (χ1n) is 33.7. The Balaban J connectivity index is 0.948. The minimum Gasteiger partial charge on any atom is -0.311 e. The number of hydrogen-bond donors (Lipinski definition) is 0. The Kier molecular flexibility index (Phi) is 13.3. The highest BCUT2D eigenvalue weighted by molar-refractivity contribution is 7.21. The van der Waals surface area contributed by atoms with Crippen molar-refractivity contribution in [3.63, 3.8) is 0 Å². The average molecular weight is 1270 g/mol. The van der Waals surface area contributed by atoms with E-state index < -0.39 is 16.1 Å². The summed E-state index contributed by atoms with van der Waals surface area (Å²) in [6.45, 7) is -0.193. The summed E-state index contributed by atoms with van der Waals surface area (Å²) in [5.74, 6) is 0. The van der Waals surface area contributed by atoms with E-state index in [4.69, 9.17) is 0 Å². The van der Waals surface area contributed by atoms with Crippen LogP contribution in [0, 0.1) is 0 Å². The van der Waals surface area contributed by atoms with Gasteiger partial charge < -0.3 is 18.9 Å². The summed E-state index contributed by atoms with van der Waals surface area (Å²) in [4.78, 5) is 5.37. The van der Waals surface area contributed by atoms with Crippen molar-refractivity contribution in [3.05, 3.63) is 382 Å². The predicted octanol–water partition coefficient (Wildman–Crippen LogP) is 14.7. The Bertz CT molecular complexity index is 5200. The van der Waals surface area contributed by atoms with E-state index >= 15 is 0 Å². The molecule has 97 heavy (non-hydrogen) atoms. The summed E-state index contributed by atoms with van der Waals surface area (Å²) in [7, 11) is -6.42. The third-order valence-corrected chi connectivity index (χ3v) is 30.6. The number of benzene rings is 15. The molecule has 17 aromatic rings. The van der Waals surface area contributed by atoms with Crippen molar-refractivity contribution < 1.29 is 0 Å². The number of hydrogen-bond acceptors (Lipinski definition) is 2. The van der Waals surface area contributed by atoms with Gasteiger partial charge in [0.15, 0.2) is 16.1 Å². The van der Waals surface area contributed by atoms with Gasteiger partial charge in [-0.1, -0.05) is 309 Å². The van der Waals surface area contributed by atoms with Gasteiger partial charge in [-0.3, -0.25) is 0 Å². The van der Waals surface area contributed by atoms with Gasteiger partial charge in [-0.25, -0.2) is 0 Å². The minimum absolute atomic E-state index is 0.193. The van der Waals surface area contributed by atoms with E-state index in [9.17, 15) is 0 Å². The normalized spacial score (nSPS) is 12.7. The molecule has 2 aliphatic heterocycles. The maximum atomic E-state index is 2.69. The molecular weight excluding hydrogens is 1200 g/mol. The van der Waals surface area contributed by atoms with Gasteiger partial charge in [0.2, 0.25) is 0 Å². The van der Waals surface area contributed by atoms with Crippen molar-refractivity contribution in [1.82, 2.24) is 9.13 Å². The molecule has 2 aliphatic rings. The molecule has 0 atom stereocenters. The molecule has 0 spiro atoms. The second-order valence-corrected chi connectivity index (χ2v) is 33.3. The molecule has 4 nitrogen and oxygen atoms in total. The Morgan fingerprint density at radius 1 is 0.206 bits per heavy atom. The fourth-order valence-electron chi connectivity index (χ4n) is 17.1. The van der Waals surface area contributed by atoms with Crippen LogP contribution in [-0.2, 0) is 0 Å². The molecule has 0 radical (unpaired) electrons. The number of para-hydroxylation sites is 6. The highest BCUT2D eigenvalue weighted by Crippen LogP contribution is 2.46. The molecule has 0 amide bonds. The summed E-state index contributed by atoms with van der Waals surface area (Å²) in [5, 5.41) is 15.5. The summed E-state index contributed by atoms with van der Waals surface area (Å²) >= 11 is 0. The highest BCUT2D eigenvalue weighted by atomic mass is 28.3. The zero-order chi connectivity index (χ0) is 64.0. The number of nitrogens with zero attached hydrogens (tertiary/aromatic N) is 4. The van der Waals surface area contributed by atoms with Gasteiger partial charge in [-0.05, 0) is 131 Å². The lowest BCUT2D eigenvalue weighted by Crippen LogP contribution is -2.75. The van der Waals surface area contributed by atoms with Gasteiger partial charge in [-0.15, -0.1) is 0 Å². The largest absolute Gasteiger partial charge is 0.311 e. The fourth-order valence-corrected chi connectivity index (χ4v) is 27.0. The molecule has 454 valence electrons. The molecule has 19 rings (SSSR count). The molecule has 0 saturated carbocycles. The molecule has 15 aromatic carbocycles. The van der Waals surface area contributed by atoms with E-state index in [1.54, 1.807) is 0 Å². The van der Waals surface area contributed by atoms with Gasteiger partial charge in [0.1, 0.15) is 0 Å². The van der Waals surface area contributed by atoms with E-state index in [1.807, 2.05) is 0 Å². The molecule has 4 heterocycles. The molecule has 0 unspecified atom stereocenters. The topological polar surface area (TPSA) is 16.3 Å². The molecule has 0 aliphatic carbocycles. The van der Waals surface area contributed by atoms with E-state index in [2.05, 4.69) is 401 Å². The standard InChI is InChI=1S/C90H63BN4Si2/c1-7-32-66(33-8-1)96(67-34-9-2-10-35-67,68-36-11-3-12-37-68)88-56-29-27-52-82(88)94-84-54-31-55-85-90(84)91(76-60-58-64(62-86(76)94)92-78-48-23-19-44-72(78)73-45-20-24-49-79(73)92)77-61-59-65(93-80-50-25-21-46-74(80)75-47-22-26-51-81(75)93)63-87(77)95(85)83-53-28-30-57-89(83)97(69-38-13-4-14-39-69,70-40-15-5-16-41-70)71-42-17-6-18-43-71/h1-63H. The lowest BCUT2D eigenvalue weighted by molar-refractivity contribution is 1.17. The average Bonchev–Trinajstić information content (AvgIpc) is 1.12. The first-order valence-corrected chi connectivity index (χ1v) is 37.7. The van der Waals surface area contributed by atoms with Crippen molar-refractivity contribution in [2.75, 3.05) is 9.80 Å². The van der Waals surface area contributed by atoms with Crippen LogP contribution >= 0.6 is 0 Å². The number of aromatic nitrogens is 2. The summed E-state index contributed by atoms with van der Waals surface area (Å²) in [6, 6.07) is 145. The van der Waals surface area contributed by atoms with Crippen molar-refractivity contribution in [3.8, 4) is 11.4 Å². The van der Waals surface area contributed by atoms with E-state index in [0.29, 0.717) is 0 Å². The molecule has 7 heteroatoms. The SMILES string of the molecule is c1ccc([Si](c2ccccc2)(c2ccccc2)c2ccccc2N2c3cc(-n4c5ccccc5c5ccccc54)ccc3B3c4ccc(-n5c6ccccc6c6ccccc65)cc4N(c4ccccc4[Si](c4ccccc4)(c4ccccc4)c4ccccc4)c4cccc2c43)cc1. The maximum Gasteiger partial charge on any atom is 0.252 e. The van der Waals surface area contributed by atoms with Gasteiger partial charge in [0.25, 0.3) is 6.71 Å². The minimum atomic E-state index is -3.21. The van der Waals surface area contributed by atoms with Crippen molar-refractivity contribution in [1.29, 1.82) is 0 Å². The summed E-state index contributed by atoms with van der Waals surface area (Å²) in [5.41, 5.74) is 17.6. The Hall–Kier alpha value is -12.0. The van der Waals surface area contributed by atoms with E-state index in [-0.39, 0.29) is 6.71 Å². The second kappa shape index (κ2) is 22.9. The quantitative estimate of drug-likeness (QED) is 0.0895. The smallest absolute Gasteiger partial charge is 0.252 e. The Morgan fingerprint density at radius 3 is 0.773 bits per heavy atom. The first kappa shape index (κ1) is 56.5. The first-order chi connectivity index (χ1) is 48.2. The van der Waals surface area contributed by atoms with Crippen LogP contribution in [0.3, 0.4) is 0 Å². The number of anilines is 6. The predicted molar refractivity (Wildman–Crippen MR) is 416 cm³/mol. The van der Waals surface area contributed by atoms with Crippen LogP contribution in [0.1, 0.15) is 0 Å². The molecule has 0 bridgehead atoms. The van der Waals surface area contributed by atoms with Gasteiger partial charge in [0, 0.05) is 67.0 Å². The van der Waals surface area contributed by atoms with Gasteiger partial charge in [0.05, 0.1) is 22.1 Å². The second-order valence-electron chi connectivity index (χ2n) is 25.8. The number of fused-ring (bicyclic) bond motifs is 10. The van der Waals surface area contributed by atoms with E-state index in [0.717, 1.165) is 45.5 Å². The monoisotopic (exact) mass is 1270 g/mol. The molecule has 2 aromatic heterocycles. The van der Waals surface area contributed by atoms with Crippen LogP contribution in [0.25, 0.3) is 55.0 Å². The fraction of sp³-hybridized carbons (Fsp3) is 0. The molecule has 0 saturated heterocycles. The summed E-state index contributed by atoms with van der Waals surface area (Å²) < 4.78 is 4.98.